The van der Waals surface area contributed by atoms with E-state index in [4.69, 9.17) is 11.6 Å². The summed E-state index contributed by atoms with van der Waals surface area (Å²) >= 11 is 6.60. The number of carbonyl (C=O) groups excluding carboxylic acids is 1. The minimum atomic E-state index is -1.21. The maximum absolute atomic E-state index is 15.7. The van der Waals surface area contributed by atoms with Crippen molar-refractivity contribution in [3.63, 3.8) is 0 Å². The third kappa shape index (κ3) is 8.88. The first kappa shape index (κ1) is 34.7. The molecule has 0 spiro atoms. The summed E-state index contributed by atoms with van der Waals surface area (Å²) in [5.41, 5.74) is 2.44. The Morgan fingerprint density at radius 1 is 1.16 bits per heavy atom. The monoisotopic (exact) mass is 621 g/mol. The van der Waals surface area contributed by atoms with Crippen LogP contribution in [0.5, 0.6) is 0 Å². The van der Waals surface area contributed by atoms with Crippen LogP contribution in [-0.4, -0.2) is 58.6 Å². The lowest BCUT2D eigenvalue weighted by molar-refractivity contribution is -0.138. The van der Waals surface area contributed by atoms with Gasteiger partial charge in [0.1, 0.15) is 18.0 Å². The molecule has 3 rings (SSSR count). The molecule has 238 valence electrons. The van der Waals surface area contributed by atoms with Crippen LogP contribution in [0.2, 0.25) is 0 Å². The molecule has 1 aromatic heterocycles. The first-order chi connectivity index (χ1) is 20.1. The summed E-state index contributed by atoms with van der Waals surface area (Å²) in [7, 11) is 3.91. The number of nitrogens with zero attached hydrogens (tertiary/aromatic N) is 2. The zero-order valence-corrected chi connectivity index (χ0v) is 27.0. The molecule has 5 unspecified atom stereocenters. The predicted octanol–water partition coefficient (Wildman–Crippen LogP) is 6.09. The molecule has 0 saturated heterocycles. The number of hydrogen-bond acceptors (Lipinski definition) is 4. The third-order valence-corrected chi connectivity index (χ3v) is 8.88. The molecule has 1 fully saturated rings. The van der Waals surface area contributed by atoms with E-state index in [1.54, 1.807) is 25.3 Å². The number of nitrogens with one attached hydrogen (secondary N) is 1. The normalized spacial score (nSPS) is 22.0. The highest BCUT2D eigenvalue weighted by molar-refractivity contribution is 6.21. The Kier molecular flexibility index (Phi) is 11.9. The van der Waals surface area contributed by atoms with Gasteiger partial charge in [-0.05, 0) is 87.7 Å². The zero-order chi connectivity index (χ0) is 32.2. The van der Waals surface area contributed by atoms with E-state index < -0.39 is 47.7 Å². The average Bonchev–Trinajstić information content (AvgIpc) is 2.87. The number of likely N-dealkylation sites (N-methyl/N-ethyl adjacent to an activating group) is 1. The van der Waals surface area contributed by atoms with Crippen molar-refractivity contribution in [2.45, 2.75) is 96.3 Å². The number of benzene rings is 1. The van der Waals surface area contributed by atoms with Gasteiger partial charge in [-0.1, -0.05) is 32.9 Å². The second-order valence-electron chi connectivity index (χ2n) is 12.9. The summed E-state index contributed by atoms with van der Waals surface area (Å²) in [4.78, 5) is 41.1. The molecule has 1 aliphatic rings. The first-order valence-corrected chi connectivity index (χ1v) is 15.5. The molecule has 1 aliphatic carbocycles. The van der Waals surface area contributed by atoms with Crippen LogP contribution < -0.4 is 10.9 Å². The second kappa shape index (κ2) is 14.8. The predicted molar refractivity (Wildman–Crippen MR) is 166 cm³/mol. The maximum Gasteiger partial charge on any atom is 0.305 e. The number of halogens is 3. The van der Waals surface area contributed by atoms with E-state index in [2.05, 4.69) is 5.32 Å². The molecular weight excluding hydrogens is 576 g/mol. The molecule has 6 atom stereocenters. The van der Waals surface area contributed by atoms with Gasteiger partial charge in [0.2, 0.25) is 5.91 Å². The van der Waals surface area contributed by atoms with E-state index in [0.29, 0.717) is 24.8 Å². The zero-order valence-electron chi connectivity index (χ0n) is 26.3. The van der Waals surface area contributed by atoms with Crippen molar-refractivity contribution in [1.82, 2.24) is 14.8 Å². The number of rotatable bonds is 12. The van der Waals surface area contributed by atoms with Crippen molar-refractivity contribution in [3.8, 4) is 0 Å². The Labute approximate surface area is 258 Å². The lowest BCUT2D eigenvalue weighted by Crippen LogP contribution is -2.40. The summed E-state index contributed by atoms with van der Waals surface area (Å²) in [6.45, 7) is 9.97. The SMILES string of the molecule is Cc1cc(=O)n(C(CC(C)C)C(=O)N[C@@H](CC(=O)O)c2cc(C3C(C)CC(F)CC3Cl)cc(C)c2F)cc1CCN(C)C. The van der Waals surface area contributed by atoms with Crippen LogP contribution in [-0.2, 0) is 16.0 Å². The summed E-state index contributed by atoms with van der Waals surface area (Å²) in [5, 5.41) is 12.1. The van der Waals surface area contributed by atoms with Crippen LogP contribution in [0.3, 0.4) is 0 Å². The van der Waals surface area contributed by atoms with Gasteiger partial charge in [-0.15, -0.1) is 11.6 Å². The van der Waals surface area contributed by atoms with Gasteiger partial charge in [-0.25, -0.2) is 8.78 Å². The van der Waals surface area contributed by atoms with Crippen LogP contribution in [0.25, 0.3) is 0 Å². The van der Waals surface area contributed by atoms with Gasteiger partial charge in [0, 0.05) is 35.7 Å². The Bertz CT molecular complexity index is 1350. The van der Waals surface area contributed by atoms with E-state index in [0.717, 1.165) is 17.7 Å². The third-order valence-electron chi connectivity index (χ3n) is 8.43. The van der Waals surface area contributed by atoms with Crippen molar-refractivity contribution in [1.29, 1.82) is 0 Å². The van der Waals surface area contributed by atoms with Crippen LogP contribution >= 0.6 is 11.6 Å². The molecule has 0 bridgehead atoms. The Morgan fingerprint density at radius 2 is 1.84 bits per heavy atom. The van der Waals surface area contributed by atoms with Gasteiger partial charge in [-0.2, -0.15) is 0 Å². The number of carbonyl (C=O) groups is 2. The molecule has 10 heteroatoms. The molecule has 7 nitrogen and oxygen atoms in total. The number of carboxylic acid groups (broad SMARTS) is 1. The van der Waals surface area contributed by atoms with Crippen molar-refractivity contribution >= 4 is 23.5 Å². The maximum atomic E-state index is 15.7. The number of hydrogen-bond donors (Lipinski definition) is 2. The molecule has 1 saturated carbocycles. The van der Waals surface area contributed by atoms with Crippen LogP contribution in [0, 0.1) is 31.5 Å². The smallest absolute Gasteiger partial charge is 0.305 e. The Morgan fingerprint density at radius 3 is 2.42 bits per heavy atom. The molecule has 2 N–H and O–H groups in total. The minimum Gasteiger partial charge on any atom is -0.481 e. The van der Waals surface area contributed by atoms with Crippen molar-refractivity contribution < 1.29 is 23.5 Å². The number of alkyl halides is 2. The lowest BCUT2D eigenvalue weighted by atomic mass is 9.74. The molecule has 2 aromatic rings. The van der Waals surface area contributed by atoms with E-state index >= 15 is 4.39 Å². The largest absolute Gasteiger partial charge is 0.481 e. The van der Waals surface area contributed by atoms with E-state index in [9.17, 15) is 23.9 Å². The molecule has 1 aromatic carbocycles. The van der Waals surface area contributed by atoms with Gasteiger partial charge in [0.15, 0.2) is 0 Å². The molecule has 0 aliphatic heterocycles. The fourth-order valence-corrected chi connectivity index (χ4v) is 6.80. The van der Waals surface area contributed by atoms with E-state index in [1.165, 1.54) is 10.6 Å². The highest BCUT2D eigenvalue weighted by Crippen LogP contribution is 2.43. The quantitative estimate of drug-likeness (QED) is 0.280. The molecule has 43 heavy (non-hydrogen) atoms. The fourth-order valence-electron chi connectivity index (χ4n) is 6.21. The van der Waals surface area contributed by atoms with Gasteiger partial charge in [-0.3, -0.25) is 14.4 Å². The highest BCUT2D eigenvalue weighted by Gasteiger charge is 2.37. The number of aromatic nitrogens is 1. The standard InChI is InChI=1S/C33H46ClF2N3O4/c1-18(2)10-28(39-17-22(8-9-38(6)7)19(3)13-29(39)40)33(43)37-27(16-30(41)42)25-14-23(11-21(5)32(25)36)31-20(4)12-24(35)15-26(31)34/h11,13-14,17-18,20,24,26-28,31H,8-10,12,15-16H2,1-7H3,(H,37,43)(H,41,42)/t20?,24?,26?,27-,28?,31?/m0/s1. The van der Waals surface area contributed by atoms with Crippen LogP contribution in [0.1, 0.15) is 92.3 Å². The van der Waals surface area contributed by atoms with E-state index in [-0.39, 0.29) is 40.9 Å². The second-order valence-corrected chi connectivity index (χ2v) is 13.5. The van der Waals surface area contributed by atoms with Gasteiger partial charge >= 0.3 is 5.97 Å². The number of aryl methyl sites for hydroxylation is 2. The fraction of sp³-hybridized carbons (Fsp3) is 0.606. The number of pyridine rings is 1. The number of aliphatic carboxylic acids is 1. The summed E-state index contributed by atoms with van der Waals surface area (Å²) in [6.07, 6.45) is 1.65. The average molecular weight is 622 g/mol. The Hall–Kier alpha value is -2.78. The number of amides is 1. The van der Waals surface area contributed by atoms with Gasteiger partial charge in [0.25, 0.3) is 5.56 Å². The van der Waals surface area contributed by atoms with Crippen LogP contribution in [0.15, 0.2) is 29.2 Å². The van der Waals surface area contributed by atoms with Crippen molar-refractivity contribution in [3.05, 3.63) is 68.4 Å². The summed E-state index contributed by atoms with van der Waals surface area (Å²) in [6, 6.07) is 2.63. The lowest BCUT2D eigenvalue weighted by Gasteiger charge is -2.36. The van der Waals surface area contributed by atoms with Crippen LogP contribution in [0.4, 0.5) is 8.78 Å². The Balaban J connectivity index is 2.04. The minimum absolute atomic E-state index is 0.0298. The van der Waals surface area contributed by atoms with Crippen molar-refractivity contribution in [2.75, 3.05) is 20.6 Å². The topological polar surface area (TPSA) is 91.6 Å². The van der Waals surface area contributed by atoms with Gasteiger partial charge < -0.3 is 19.9 Å². The highest BCUT2D eigenvalue weighted by atomic mass is 35.5. The van der Waals surface area contributed by atoms with Gasteiger partial charge in [0.05, 0.1) is 12.5 Å². The molecule has 0 radical (unpaired) electrons. The molecule has 1 heterocycles. The summed E-state index contributed by atoms with van der Waals surface area (Å²) < 4.78 is 31.3. The number of carboxylic acids is 1. The van der Waals surface area contributed by atoms with E-state index in [1.807, 2.05) is 46.7 Å². The first-order valence-electron chi connectivity index (χ1n) is 15.1. The summed E-state index contributed by atoms with van der Waals surface area (Å²) in [5.74, 6) is -2.73. The molecule has 1 amide bonds. The van der Waals surface area contributed by atoms with Crippen molar-refractivity contribution in [2.24, 2.45) is 11.8 Å². The molecular formula is C33H46ClF2N3O4.